The Bertz CT molecular complexity index is 1120. The number of rotatable bonds is 3. The Morgan fingerprint density at radius 3 is 2.50 bits per heavy atom. The molecule has 8 heteroatoms. The lowest BCUT2D eigenvalue weighted by Gasteiger charge is -1.98. The van der Waals surface area contributed by atoms with E-state index in [-0.39, 0.29) is 17.5 Å². The molecule has 0 atom stereocenters. The van der Waals surface area contributed by atoms with Crippen molar-refractivity contribution in [2.45, 2.75) is 6.92 Å². The van der Waals surface area contributed by atoms with Gasteiger partial charge in [-0.15, -0.1) is 11.3 Å². The Morgan fingerprint density at radius 1 is 1.00 bits per heavy atom. The average molecular weight is 387 g/mol. The van der Waals surface area contributed by atoms with Crippen LogP contribution in [0.2, 0.25) is 0 Å². The van der Waals surface area contributed by atoms with Gasteiger partial charge in [0, 0.05) is 5.56 Å². The highest BCUT2D eigenvalue weighted by Gasteiger charge is 2.18. The summed E-state index contributed by atoms with van der Waals surface area (Å²) < 4.78 is 27.0. The zero-order valence-electron chi connectivity index (χ0n) is 13.4. The van der Waals surface area contributed by atoms with Crippen LogP contribution < -0.4 is 5.32 Å². The third kappa shape index (κ3) is 3.21. The molecule has 26 heavy (non-hydrogen) atoms. The molecule has 0 aliphatic rings. The lowest BCUT2D eigenvalue weighted by Crippen LogP contribution is -2.11. The molecule has 1 amide bonds. The maximum atomic E-state index is 13.3. The van der Waals surface area contributed by atoms with E-state index < -0.39 is 0 Å². The first-order chi connectivity index (χ1) is 12.5. The number of anilines is 1. The van der Waals surface area contributed by atoms with Gasteiger partial charge in [0.2, 0.25) is 0 Å². The van der Waals surface area contributed by atoms with E-state index in [1.165, 1.54) is 46.9 Å². The van der Waals surface area contributed by atoms with Gasteiger partial charge in [0.1, 0.15) is 21.5 Å². The number of hydrogen-bond donors (Lipinski definition) is 1. The second kappa shape index (κ2) is 6.54. The number of carbonyl (C=O) groups excluding carboxylic acids is 1. The van der Waals surface area contributed by atoms with Crippen LogP contribution in [0.5, 0.6) is 0 Å². The fourth-order valence-corrected chi connectivity index (χ4v) is 4.28. The number of nitrogens with one attached hydrogen (secondary N) is 1. The number of benzene rings is 2. The first kappa shape index (κ1) is 16.7. The first-order valence-corrected chi connectivity index (χ1v) is 9.24. The Hall–Kier alpha value is -2.71. The molecule has 130 valence electrons. The minimum absolute atomic E-state index is 0.326. The van der Waals surface area contributed by atoms with Crippen molar-refractivity contribution in [1.29, 1.82) is 0 Å². The molecule has 0 unspecified atom stereocenters. The van der Waals surface area contributed by atoms with Crippen LogP contribution in [0.1, 0.15) is 15.4 Å². The van der Waals surface area contributed by atoms with E-state index in [1.807, 2.05) is 0 Å². The van der Waals surface area contributed by atoms with Gasteiger partial charge < -0.3 is 0 Å². The maximum absolute atomic E-state index is 13.3. The molecule has 4 nitrogen and oxygen atoms in total. The summed E-state index contributed by atoms with van der Waals surface area (Å²) in [5.74, 6) is -0.999. The molecule has 2 aromatic carbocycles. The van der Waals surface area contributed by atoms with Gasteiger partial charge in [0.05, 0.1) is 15.9 Å². The van der Waals surface area contributed by atoms with Crippen LogP contribution in [0.4, 0.5) is 13.9 Å². The highest BCUT2D eigenvalue weighted by atomic mass is 32.1. The second-order valence-electron chi connectivity index (χ2n) is 5.53. The molecule has 2 heterocycles. The molecule has 2 aromatic heterocycles. The van der Waals surface area contributed by atoms with Gasteiger partial charge in [-0.05, 0) is 49.4 Å². The maximum Gasteiger partial charge on any atom is 0.269 e. The van der Waals surface area contributed by atoms with Crippen molar-refractivity contribution < 1.29 is 13.6 Å². The van der Waals surface area contributed by atoms with Crippen molar-refractivity contribution in [3.05, 3.63) is 64.7 Å². The predicted molar refractivity (Wildman–Crippen MR) is 99.8 cm³/mol. The molecule has 4 rings (SSSR count). The topological polar surface area (TPSA) is 54.9 Å². The van der Waals surface area contributed by atoms with Crippen molar-refractivity contribution in [3.63, 3.8) is 0 Å². The molecule has 4 aromatic rings. The SMILES string of the molecule is Cc1nc(-c2ccc(F)cc2)sc1C(=O)Nc1nc2ccc(F)cc2s1. The van der Waals surface area contributed by atoms with Crippen LogP contribution in [0.15, 0.2) is 42.5 Å². The smallest absolute Gasteiger partial charge is 0.269 e. The summed E-state index contributed by atoms with van der Waals surface area (Å²) >= 11 is 2.43. The molecule has 0 aliphatic carbocycles. The van der Waals surface area contributed by atoms with Crippen molar-refractivity contribution in [1.82, 2.24) is 9.97 Å². The van der Waals surface area contributed by atoms with Crippen molar-refractivity contribution in [2.24, 2.45) is 0 Å². The van der Waals surface area contributed by atoms with Crippen molar-refractivity contribution in [3.8, 4) is 10.6 Å². The summed E-state index contributed by atoms with van der Waals surface area (Å²) in [5, 5.41) is 3.77. The lowest BCUT2D eigenvalue weighted by atomic mass is 10.2. The largest absolute Gasteiger partial charge is 0.297 e. The zero-order chi connectivity index (χ0) is 18.3. The Labute approximate surface area is 155 Å². The molecule has 1 N–H and O–H groups in total. The summed E-state index contributed by atoms with van der Waals surface area (Å²) in [6.45, 7) is 1.74. The zero-order valence-corrected chi connectivity index (χ0v) is 15.0. The molecule has 0 fully saturated rings. The summed E-state index contributed by atoms with van der Waals surface area (Å²) in [6, 6.07) is 10.2. The highest BCUT2D eigenvalue weighted by molar-refractivity contribution is 7.22. The van der Waals surface area contributed by atoms with E-state index in [1.54, 1.807) is 25.1 Å². The van der Waals surface area contributed by atoms with Crippen molar-refractivity contribution >= 4 is 43.9 Å². The van der Waals surface area contributed by atoms with Gasteiger partial charge in [-0.3, -0.25) is 10.1 Å². The predicted octanol–water partition coefficient (Wildman–Crippen LogP) is 5.26. The third-order valence-corrected chi connectivity index (χ3v) is 5.80. The quantitative estimate of drug-likeness (QED) is 0.522. The first-order valence-electron chi connectivity index (χ1n) is 7.60. The molecular weight excluding hydrogens is 376 g/mol. The standard InChI is InChI=1S/C18H11F2N3OS2/c1-9-15(26-17(21-9)10-2-4-11(19)5-3-10)16(24)23-18-22-13-7-6-12(20)8-14(13)25-18/h2-8H,1H3,(H,22,23,24). The fourth-order valence-electron chi connectivity index (χ4n) is 2.43. The van der Waals surface area contributed by atoms with E-state index in [2.05, 4.69) is 15.3 Å². The molecule has 0 spiro atoms. The number of hydrogen-bond acceptors (Lipinski definition) is 5. The monoisotopic (exact) mass is 387 g/mol. The van der Waals surface area contributed by atoms with E-state index in [0.717, 1.165) is 5.56 Å². The lowest BCUT2D eigenvalue weighted by molar-refractivity contribution is 0.103. The Balaban J connectivity index is 1.60. The van der Waals surface area contributed by atoms with E-state index in [4.69, 9.17) is 0 Å². The van der Waals surface area contributed by atoms with Gasteiger partial charge in [-0.1, -0.05) is 11.3 Å². The van der Waals surface area contributed by atoms with Gasteiger partial charge >= 0.3 is 0 Å². The summed E-state index contributed by atoms with van der Waals surface area (Å²) in [5.41, 5.74) is 1.95. The molecule has 0 bridgehead atoms. The minimum Gasteiger partial charge on any atom is -0.297 e. The van der Waals surface area contributed by atoms with Gasteiger partial charge in [-0.25, -0.2) is 18.7 Å². The van der Waals surface area contributed by atoms with Crippen LogP contribution in [-0.4, -0.2) is 15.9 Å². The van der Waals surface area contributed by atoms with Crippen molar-refractivity contribution in [2.75, 3.05) is 5.32 Å². The Kier molecular flexibility index (Phi) is 4.21. The summed E-state index contributed by atoms with van der Waals surface area (Å²) in [6.07, 6.45) is 0. The number of thiazole rings is 2. The van der Waals surface area contributed by atoms with Crippen LogP contribution in [0.25, 0.3) is 20.8 Å². The Morgan fingerprint density at radius 2 is 1.73 bits per heavy atom. The molecule has 0 saturated carbocycles. The normalized spacial score (nSPS) is 11.0. The van der Waals surface area contributed by atoms with Gasteiger partial charge in [0.25, 0.3) is 5.91 Å². The number of fused-ring (bicyclic) bond motifs is 1. The second-order valence-corrected chi connectivity index (χ2v) is 7.56. The number of aromatic nitrogens is 2. The molecule has 0 radical (unpaired) electrons. The fraction of sp³-hybridized carbons (Fsp3) is 0.0556. The van der Waals surface area contributed by atoms with E-state index in [0.29, 0.717) is 30.9 Å². The number of aryl methyl sites for hydroxylation is 1. The van der Waals surface area contributed by atoms with Gasteiger partial charge in [0.15, 0.2) is 5.13 Å². The average Bonchev–Trinajstić information content (AvgIpc) is 3.18. The summed E-state index contributed by atoms with van der Waals surface area (Å²) in [4.78, 5) is 21.7. The van der Waals surface area contributed by atoms with Crippen LogP contribution in [-0.2, 0) is 0 Å². The molecule has 0 saturated heterocycles. The number of nitrogens with zero attached hydrogens (tertiary/aromatic N) is 2. The van der Waals surface area contributed by atoms with E-state index in [9.17, 15) is 13.6 Å². The molecule has 0 aliphatic heterocycles. The van der Waals surface area contributed by atoms with E-state index >= 15 is 0 Å². The highest BCUT2D eigenvalue weighted by Crippen LogP contribution is 2.30. The molecular formula is C18H11F2N3OS2. The number of amides is 1. The number of carbonyl (C=O) groups is 1. The van der Waals surface area contributed by atoms with Crippen LogP contribution in [0, 0.1) is 18.6 Å². The van der Waals surface area contributed by atoms with Gasteiger partial charge in [-0.2, -0.15) is 0 Å². The number of halogens is 2. The van der Waals surface area contributed by atoms with Crippen LogP contribution >= 0.6 is 22.7 Å². The minimum atomic E-state index is -0.346. The van der Waals surface area contributed by atoms with Crippen LogP contribution in [0.3, 0.4) is 0 Å². The summed E-state index contributed by atoms with van der Waals surface area (Å²) in [7, 11) is 0. The third-order valence-electron chi connectivity index (χ3n) is 3.66.